The number of nitrogens with one attached hydrogen (secondary N) is 1. The SMILES string of the molecule is O=C(NCC(O)CN1CCc2ccccc2C1)N1CCC(C(=O)N2CCOCC2)CC1. The molecule has 3 aliphatic heterocycles. The number of likely N-dealkylation sites (tertiary alicyclic amines) is 1. The number of morpholine rings is 1. The van der Waals surface area contributed by atoms with Crippen molar-refractivity contribution in [3.63, 3.8) is 0 Å². The second kappa shape index (κ2) is 10.4. The molecule has 0 radical (unpaired) electrons. The maximum absolute atomic E-state index is 12.6. The Kier molecular flexibility index (Phi) is 7.42. The van der Waals surface area contributed by atoms with Gasteiger partial charge in [-0.25, -0.2) is 4.79 Å². The molecule has 2 fully saturated rings. The fourth-order valence-electron chi connectivity index (χ4n) is 4.76. The van der Waals surface area contributed by atoms with Crippen LogP contribution >= 0.6 is 0 Å². The van der Waals surface area contributed by atoms with Crippen LogP contribution in [-0.4, -0.2) is 96.9 Å². The number of hydrogen-bond acceptors (Lipinski definition) is 5. The molecule has 1 aromatic carbocycles. The molecule has 2 saturated heterocycles. The first-order valence-electron chi connectivity index (χ1n) is 11.5. The number of β-amino-alcohol motifs (C(OH)–C–C–N with tert-alkyl or cyclic N) is 1. The Morgan fingerprint density at radius 3 is 2.48 bits per heavy atom. The Balaban J connectivity index is 1.15. The third kappa shape index (κ3) is 5.75. The van der Waals surface area contributed by atoms with Crippen molar-refractivity contribution in [2.24, 2.45) is 5.92 Å². The number of carbonyl (C=O) groups excluding carboxylic acids is 2. The molecule has 0 aliphatic carbocycles. The number of urea groups is 1. The van der Waals surface area contributed by atoms with E-state index in [9.17, 15) is 14.7 Å². The van der Waals surface area contributed by atoms with E-state index in [-0.39, 0.29) is 24.4 Å². The van der Waals surface area contributed by atoms with Crippen molar-refractivity contribution in [3.8, 4) is 0 Å². The molecule has 3 aliphatic rings. The number of fused-ring (bicyclic) bond motifs is 1. The molecule has 1 atom stereocenters. The predicted molar refractivity (Wildman–Crippen MR) is 117 cm³/mol. The van der Waals surface area contributed by atoms with Crippen molar-refractivity contribution in [3.05, 3.63) is 35.4 Å². The zero-order chi connectivity index (χ0) is 21.6. The van der Waals surface area contributed by atoms with Gasteiger partial charge in [0.2, 0.25) is 5.91 Å². The molecule has 3 amide bonds. The second-order valence-electron chi connectivity index (χ2n) is 8.79. The summed E-state index contributed by atoms with van der Waals surface area (Å²) in [5.74, 6) is 0.191. The van der Waals surface area contributed by atoms with Crippen LogP contribution in [0.25, 0.3) is 0 Å². The number of piperidine rings is 1. The number of ether oxygens (including phenoxy) is 1. The van der Waals surface area contributed by atoms with Crippen molar-refractivity contribution in [1.29, 1.82) is 0 Å². The number of aliphatic hydroxyl groups excluding tert-OH is 1. The standard InChI is InChI=1S/C23H34N4O4/c28-21(17-25-8-5-18-3-1-2-4-20(18)16-25)15-24-23(30)27-9-6-19(7-10-27)22(29)26-11-13-31-14-12-26/h1-4,19,21,28H,5-17H2,(H,24,30). The summed E-state index contributed by atoms with van der Waals surface area (Å²) in [6, 6.07) is 8.28. The van der Waals surface area contributed by atoms with Gasteiger partial charge in [-0.15, -0.1) is 0 Å². The Morgan fingerprint density at radius 1 is 1.03 bits per heavy atom. The summed E-state index contributed by atoms with van der Waals surface area (Å²) in [5, 5.41) is 13.3. The summed E-state index contributed by atoms with van der Waals surface area (Å²) >= 11 is 0. The van der Waals surface area contributed by atoms with Gasteiger partial charge in [-0.05, 0) is 30.4 Å². The van der Waals surface area contributed by atoms with Gasteiger partial charge in [0.15, 0.2) is 0 Å². The first-order valence-corrected chi connectivity index (χ1v) is 11.5. The molecule has 0 spiro atoms. The Labute approximate surface area is 184 Å². The highest BCUT2D eigenvalue weighted by atomic mass is 16.5. The van der Waals surface area contributed by atoms with Gasteiger partial charge in [0.1, 0.15) is 0 Å². The number of aliphatic hydroxyl groups is 1. The minimum Gasteiger partial charge on any atom is -0.390 e. The lowest BCUT2D eigenvalue weighted by Crippen LogP contribution is -2.50. The maximum atomic E-state index is 12.6. The number of amides is 3. The zero-order valence-corrected chi connectivity index (χ0v) is 18.2. The molecule has 8 heteroatoms. The van der Waals surface area contributed by atoms with Crippen LogP contribution in [0, 0.1) is 5.92 Å². The Hall–Kier alpha value is -2.16. The Morgan fingerprint density at radius 2 is 1.74 bits per heavy atom. The molecular weight excluding hydrogens is 396 g/mol. The monoisotopic (exact) mass is 430 g/mol. The Bertz CT molecular complexity index is 760. The van der Waals surface area contributed by atoms with E-state index >= 15 is 0 Å². The largest absolute Gasteiger partial charge is 0.390 e. The molecule has 1 unspecified atom stereocenters. The number of benzene rings is 1. The van der Waals surface area contributed by atoms with Crippen LogP contribution in [0.1, 0.15) is 24.0 Å². The van der Waals surface area contributed by atoms with Gasteiger partial charge in [0.25, 0.3) is 0 Å². The molecule has 0 aromatic heterocycles. The van der Waals surface area contributed by atoms with Gasteiger partial charge in [-0.2, -0.15) is 0 Å². The maximum Gasteiger partial charge on any atom is 0.317 e. The average Bonchev–Trinajstić information content (AvgIpc) is 2.82. The fraction of sp³-hybridized carbons (Fsp3) is 0.652. The molecule has 170 valence electrons. The molecule has 1 aromatic rings. The van der Waals surface area contributed by atoms with Crippen LogP contribution in [0.15, 0.2) is 24.3 Å². The molecule has 31 heavy (non-hydrogen) atoms. The van der Waals surface area contributed by atoms with Crippen LogP contribution in [0.3, 0.4) is 0 Å². The minimum absolute atomic E-state index is 0.00489. The van der Waals surface area contributed by atoms with Crippen LogP contribution in [0.5, 0.6) is 0 Å². The first kappa shape index (κ1) is 22.0. The van der Waals surface area contributed by atoms with Crippen LogP contribution in [-0.2, 0) is 22.5 Å². The van der Waals surface area contributed by atoms with E-state index in [0.717, 1.165) is 19.5 Å². The zero-order valence-electron chi connectivity index (χ0n) is 18.2. The lowest BCUT2D eigenvalue weighted by atomic mass is 9.95. The highest BCUT2D eigenvalue weighted by molar-refractivity contribution is 5.80. The van der Waals surface area contributed by atoms with E-state index < -0.39 is 6.10 Å². The van der Waals surface area contributed by atoms with Gasteiger partial charge in [-0.1, -0.05) is 24.3 Å². The molecule has 0 saturated carbocycles. The minimum atomic E-state index is -0.602. The summed E-state index contributed by atoms with van der Waals surface area (Å²) in [6.07, 6.45) is 1.78. The molecule has 4 rings (SSSR count). The van der Waals surface area contributed by atoms with E-state index in [2.05, 4.69) is 34.5 Å². The number of hydrogen-bond donors (Lipinski definition) is 2. The predicted octanol–water partition coefficient (Wildman–Crippen LogP) is 0.686. The van der Waals surface area contributed by atoms with E-state index in [4.69, 9.17) is 4.74 Å². The number of nitrogens with zero attached hydrogens (tertiary/aromatic N) is 3. The molecule has 0 bridgehead atoms. The van der Waals surface area contributed by atoms with Gasteiger partial charge < -0.3 is 25.0 Å². The topological polar surface area (TPSA) is 85.3 Å². The van der Waals surface area contributed by atoms with E-state index in [0.29, 0.717) is 58.8 Å². The van der Waals surface area contributed by atoms with Gasteiger partial charge in [-0.3, -0.25) is 9.69 Å². The lowest BCUT2D eigenvalue weighted by Gasteiger charge is -2.35. The van der Waals surface area contributed by atoms with Crippen molar-refractivity contribution in [1.82, 2.24) is 20.0 Å². The van der Waals surface area contributed by atoms with E-state index in [1.807, 2.05) is 4.90 Å². The van der Waals surface area contributed by atoms with E-state index in [1.165, 1.54) is 11.1 Å². The van der Waals surface area contributed by atoms with Crippen molar-refractivity contribution < 1.29 is 19.4 Å². The number of carbonyl (C=O) groups is 2. The summed E-state index contributed by atoms with van der Waals surface area (Å²) in [4.78, 5) is 31.0. The van der Waals surface area contributed by atoms with Gasteiger partial charge in [0.05, 0.1) is 19.3 Å². The second-order valence-corrected chi connectivity index (χ2v) is 8.79. The third-order valence-corrected chi connectivity index (χ3v) is 6.62. The highest BCUT2D eigenvalue weighted by Gasteiger charge is 2.31. The van der Waals surface area contributed by atoms with Crippen LogP contribution in [0.4, 0.5) is 4.79 Å². The van der Waals surface area contributed by atoms with Crippen molar-refractivity contribution in [2.75, 3.05) is 59.0 Å². The molecular formula is C23H34N4O4. The molecule has 2 N–H and O–H groups in total. The molecule has 3 heterocycles. The fourth-order valence-corrected chi connectivity index (χ4v) is 4.76. The van der Waals surface area contributed by atoms with Crippen LogP contribution < -0.4 is 5.32 Å². The smallest absolute Gasteiger partial charge is 0.317 e. The first-order chi connectivity index (χ1) is 15.1. The number of rotatable bonds is 5. The summed E-state index contributed by atoms with van der Waals surface area (Å²) in [5.41, 5.74) is 2.71. The van der Waals surface area contributed by atoms with Crippen molar-refractivity contribution >= 4 is 11.9 Å². The molecule has 8 nitrogen and oxygen atoms in total. The lowest BCUT2D eigenvalue weighted by molar-refractivity contribution is -0.141. The third-order valence-electron chi connectivity index (χ3n) is 6.62. The summed E-state index contributed by atoms with van der Waals surface area (Å²) in [7, 11) is 0. The average molecular weight is 431 g/mol. The summed E-state index contributed by atoms with van der Waals surface area (Å²) < 4.78 is 5.32. The highest BCUT2D eigenvalue weighted by Crippen LogP contribution is 2.21. The summed E-state index contributed by atoms with van der Waals surface area (Å²) in [6.45, 7) is 6.25. The normalized spacial score (nSPS) is 21.5. The van der Waals surface area contributed by atoms with Crippen molar-refractivity contribution in [2.45, 2.75) is 31.9 Å². The quantitative estimate of drug-likeness (QED) is 0.718. The van der Waals surface area contributed by atoms with E-state index in [1.54, 1.807) is 4.90 Å². The van der Waals surface area contributed by atoms with Gasteiger partial charge >= 0.3 is 6.03 Å². The van der Waals surface area contributed by atoms with Gasteiger partial charge in [0, 0.05) is 58.3 Å². The van der Waals surface area contributed by atoms with Crippen LogP contribution in [0.2, 0.25) is 0 Å².